The Morgan fingerprint density at radius 1 is 0.487 bits per heavy atom. The maximum absolute atomic E-state index is 6.84. The zero-order valence-corrected chi connectivity index (χ0v) is 45.4. The maximum atomic E-state index is 6.84. The zero-order chi connectivity index (χ0) is 51.6. The van der Waals surface area contributed by atoms with Crippen molar-refractivity contribution in [2.45, 2.75) is 52.4 Å². The molecule has 0 spiro atoms. The first-order chi connectivity index (χ1) is 36.9. The van der Waals surface area contributed by atoms with Crippen LogP contribution in [-0.4, -0.2) is 21.1 Å². The van der Waals surface area contributed by atoms with Crippen molar-refractivity contribution in [3.05, 3.63) is 233 Å². The molecule has 2 aromatic heterocycles. The van der Waals surface area contributed by atoms with Gasteiger partial charge in [-0.3, -0.25) is 0 Å². The van der Waals surface area contributed by atoms with E-state index in [9.17, 15) is 0 Å². The molecule has 0 amide bonds. The second-order valence-corrected chi connectivity index (χ2v) is 23.2. The van der Waals surface area contributed by atoms with Gasteiger partial charge in [0.15, 0.2) is 0 Å². The number of benzene rings is 9. The Labute approximate surface area is 455 Å². The standard InChI is InChI=1S/C68H52BN5O.Pt/c1-67(2,3)48-38-46(44-21-9-7-10-22-44)37-47(39-48)57-41-49(68(4,5)6)40-56(45-23-11-8-12-24-45)65(57)72-43-71(59-31-15-16-32-60(59)72)50-25-19-26-51(42-50)75-63-36-35-55-54-29-20-28-53-52-27-13-14-30-58(52)73-61-33-17-18-34-62(61)74(66(55)70-63)69(73)64(53)54;/h7-33,35-41H,1-6H3;/q-2;. The molecular formula is C68H52BN5OPt-2. The summed E-state index contributed by atoms with van der Waals surface area (Å²) in [6.45, 7) is 13.8. The van der Waals surface area contributed by atoms with Crippen molar-refractivity contribution in [3.8, 4) is 78.6 Å². The van der Waals surface area contributed by atoms with Crippen molar-refractivity contribution < 1.29 is 24.1 Å². The summed E-state index contributed by atoms with van der Waals surface area (Å²) in [5.74, 6) is 1.90. The Hall–Kier alpha value is -8.25. The number of fused-ring (bicyclic) bond motifs is 10. The second kappa shape index (κ2) is 17.4. The molecular weight excluding hydrogens is 1110 g/mol. The summed E-state index contributed by atoms with van der Waals surface area (Å²) < 4.78 is 12.6. The first-order valence-electron chi connectivity index (χ1n) is 26.1. The second-order valence-electron chi connectivity index (χ2n) is 22.2. The molecule has 14 rings (SSSR count). The molecule has 0 N–H and O–H groups in total. The van der Waals surface area contributed by atoms with Gasteiger partial charge in [-0.25, -0.2) is 0 Å². The fourth-order valence-corrected chi connectivity index (χ4v) is 12.8. The number of anilines is 4. The molecule has 0 bridgehead atoms. The molecule has 0 fully saturated rings. The topological polar surface area (TPSA) is 38.5 Å². The summed E-state index contributed by atoms with van der Waals surface area (Å²) in [4.78, 5) is 10.2. The first kappa shape index (κ1) is 46.3. The number of hydrogen-bond donors (Lipinski definition) is 0. The number of rotatable bonds is 7. The van der Waals surface area contributed by atoms with Crippen molar-refractivity contribution in [1.29, 1.82) is 0 Å². The van der Waals surface area contributed by atoms with Crippen LogP contribution in [0.25, 0.3) is 78.0 Å². The third-order valence-electron chi connectivity index (χ3n) is 15.4. The zero-order valence-electron chi connectivity index (χ0n) is 43.2. The summed E-state index contributed by atoms with van der Waals surface area (Å²) in [6, 6.07) is 81.7. The molecule has 9 aromatic carbocycles. The Morgan fingerprint density at radius 3 is 1.84 bits per heavy atom. The van der Waals surface area contributed by atoms with E-state index in [1.807, 2.05) is 18.2 Å². The third kappa shape index (κ3) is 7.34. The molecule has 3 aliphatic rings. The van der Waals surface area contributed by atoms with Crippen molar-refractivity contribution >= 4 is 46.4 Å². The van der Waals surface area contributed by atoms with Gasteiger partial charge < -0.3 is 0 Å². The molecule has 3 aliphatic heterocycles. The average molecular weight is 1160 g/mol. The van der Waals surface area contributed by atoms with Crippen LogP contribution < -0.4 is 19.8 Å². The van der Waals surface area contributed by atoms with Crippen molar-refractivity contribution in [2.24, 2.45) is 0 Å². The van der Waals surface area contributed by atoms with Crippen LogP contribution in [-0.2, 0) is 30.2 Å². The van der Waals surface area contributed by atoms with Crippen LogP contribution in [0.15, 0.2) is 206 Å². The van der Waals surface area contributed by atoms with E-state index in [0.717, 1.165) is 65.7 Å². The van der Waals surface area contributed by atoms with Gasteiger partial charge in [-0.2, -0.15) is 12.1 Å². The van der Waals surface area contributed by atoms with E-state index >= 15 is 0 Å². The van der Waals surface area contributed by atoms with Gasteiger partial charge in [0.25, 0.3) is 0 Å². The monoisotopic (exact) mass is 1160 g/mol. The predicted molar refractivity (Wildman–Crippen MR) is 309 cm³/mol. The van der Waals surface area contributed by atoms with Crippen LogP contribution in [0, 0.1) is 15.9 Å². The number of pyridine rings is 1. The van der Waals surface area contributed by atoms with Crippen LogP contribution in [0.4, 0.5) is 22.9 Å². The van der Waals surface area contributed by atoms with Gasteiger partial charge in [0, 0.05) is 11.3 Å². The summed E-state index contributed by atoms with van der Waals surface area (Å²) in [5, 5.41) is 0. The Morgan fingerprint density at radius 2 is 1.09 bits per heavy atom. The van der Waals surface area contributed by atoms with Crippen LogP contribution in [0.1, 0.15) is 52.7 Å². The Balaban J connectivity index is 0.930. The van der Waals surface area contributed by atoms with Gasteiger partial charge in [-0.1, -0.05) is 30.3 Å². The molecule has 11 aromatic rings. The molecule has 0 saturated carbocycles. The van der Waals surface area contributed by atoms with Crippen LogP contribution in [0.2, 0.25) is 0 Å². The summed E-state index contributed by atoms with van der Waals surface area (Å²) in [5.41, 5.74) is 22.7. The predicted octanol–water partition coefficient (Wildman–Crippen LogP) is 16.5. The number of imidazole rings is 1. The fraction of sp³-hybridized carbons (Fsp3) is 0.118. The molecule has 8 heteroatoms. The van der Waals surface area contributed by atoms with Crippen molar-refractivity contribution in [2.75, 3.05) is 9.62 Å². The molecule has 0 unspecified atom stereocenters. The molecule has 0 saturated heterocycles. The molecule has 0 aliphatic carbocycles. The normalized spacial score (nSPS) is 13.1. The quantitative estimate of drug-likeness (QED) is 0.118. The van der Waals surface area contributed by atoms with E-state index in [-0.39, 0.29) is 17.8 Å². The van der Waals surface area contributed by atoms with Crippen LogP contribution in [0.5, 0.6) is 11.6 Å². The number of aromatic nitrogens is 3. The number of nitrogens with zero attached hydrogens (tertiary/aromatic N) is 5. The van der Waals surface area contributed by atoms with Crippen molar-refractivity contribution in [1.82, 2.24) is 14.1 Å². The average Bonchev–Trinajstić information content (AvgIpc) is 4.08. The summed E-state index contributed by atoms with van der Waals surface area (Å²) in [7, 11) is 0. The van der Waals surface area contributed by atoms with Gasteiger partial charge in [0.05, 0.1) is 0 Å². The van der Waals surface area contributed by atoms with Crippen molar-refractivity contribution in [3.63, 3.8) is 0 Å². The number of para-hydroxylation sites is 4. The van der Waals surface area contributed by atoms with Gasteiger partial charge in [-0.15, -0.1) is 6.07 Å². The van der Waals surface area contributed by atoms with Gasteiger partial charge >= 0.3 is 387 Å². The summed E-state index contributed by atoms with van der Waals surface area (Å²) in [6.07, 6.45) is 0. The van der Waals surface area contributed by atoms with E-state index in [1.54, 1.807) is 0 Å². The van der Waals surface area contributed by atoms with Gasteiger partial charge in [0.2, 0.25) is 0 Å². The summed E-state index contributed by atoms with van der Waals surface area (Å²) >= 11 is 2.53. The van der Waals surface area contributed by atoms with Gasteiger partial charge in [0.1, 0.15) is 0 Å². The van der Waals surface area contributed by atoms with E-state index in [4.69, 9.17) is 9.72 Å². The molecule has 0 radical (unpaired) electrons. The molecule has 0 atom stereocenters. The minimum atomic E-state index is -0.136. The Bertz CT molecular complexity index is 4220. The third-order valence-corrected chi connectivity index (χ3v) is 16.4. The van der Waals surface area contributed by atoms with Crippen LogP contribution in [0.3, 0.4) is 0 Å². The SMILES string of the molecule is CC(C)(C)c1cc(-c2ccccc2)cc(-c2cc(C(C)(C)C)cc(-c3ccccc3)c2-n2[c](=[Pt])n(-c3[c-]c(Oc4ccc5c(n4)N4B6c7c(cccc7-5)-c5ccccc5N6c5ccc[c-]c54)ccc3)c3ccccc32)c1. The Kier molecular flexibility index (Phi) is 10.6. The number of hydrogen-bond acceptors (Lipinski definition) is 4. The van der Waals surface area contributed by atoms with Crippen LogP contribution >= 0.6 is 0 Å². The molecule has 5 heterocycles. The number of ether oxygens (including phenoxy) is 1. The fourth-order valence-electron chi connectivity index (χ4n) is 11.7. The van der Waals surface area contributed by atoms with E-state index < -0.39 is 0 Å². The van der Waals surface area contributed by atoms with E-state index in [0.29, 0.717) is 11.6 Å². The molecule has 6 nitrogen and oxygen atoms in total. The first-order valence-corrected chi connectivity index (χ1v) is 27.2. The van der Waals surface area contributed by atoms with E-state index in [2.05, 4.69) is 280 Å². The minimum absolute atomic E-state index is 0.101. The van der Waals surface area contributed by atoms with E-state index in [1.165, 1.54) is 55.7 Å². The molecule has 370 valence electrons. The van der Waals surface area contributed by atoms with Gasteiger partial charge in [-0.05, 0) is 11.6 Å². The molecule has 76 heavy (non-hydrogen) atoms.